The number of halogens is 1. The van der Waals surface area contributed by atoms with Crippen LogP contribution in [-0.4, -0.2) is 52.3 Å². The fourth-order valence-corrected chi connectivity index (χ4v) is 3.12. The van der Waals surface area contributed by atoms with Crippen LogP contribution in [0.3, 0.4) is 0 Å². The molecular weight excluding hydrogens is 408 g/mol. The number of hydrazine groups is 1. The van der Waals surface area contributed by atoms with E-state index in [1.807, 2.05) is 0 Å². The summed E-state index contributed by atoms with van der Waals surface area (Å²) in [6.07, 6.45) is -1.03. The van der Waals surface area contributed by atoms with Crippen molar-refractivity contribution in [3.05, 3.63) is 0 Å². The topological polar surface area (TPSA) is 94.2 Å². The molecule has 0 unspecified atom stereocenters. The number of esters is 1. The van der Waals surface area contributed by atoms with Crippen LogP contribution in [0.15, 0.2) is 0 Å². The summed E-state index contributed by atoms with van der Waals surface area (Å²) >= 11 is 3.38. The Kier molecular flexibility index (Phi) is 6.95. The van der Waals surface area contributed by atoms with Crippen molar-refractivity contribution < 1.29 is 28.6 Å². The van der Waals surface area contributed by atoms with Gasteiger partial charge >= 0.3 is 18.2 Å². The molecule has 8 nitrogen and oxygen atoms in total. The molecule has 0 spiro atoms. The van der Waals surface area contributed by atoms with E-state index in [0.717, 1.165) is 5.01 Å². The molecule has 0 aromatic heterocycles. The van der Waals surface area contributed by atoms with Gasteiger partial charge in [0.05, 0.1) is 7.11 Å². The van der Waals surface area contributed by atoms with E-state index in [4.69, 9.17) is 14.2 Å². The molecule has 1 N–H and O–H groups in total. The number of amides is 2. The van der Waals surface area contributed by atoms with Gasteiger partial charge in [-0.15, -0.1) is 0 Å². The first-order valence-electron chi connectivity index (χ1n) is 8.41. The first kappa shape index (κ1) is 22.5. The van der Waals surface area contributed by atoms with Crippen molar-refractivity contribution in [1.29, 1.82) is 0 Å². The van der Waals surface area contributed by atoms with Gasteiger partial charge in [0.2, 0.25) is 0 Å². The second-order valence-electron chi connectivity index (χ2n) is 8.38. The van der Waals surface area contributed by atoms with E-state index in [0.29, 0.717) is 18.2 Å². The van der Waals surface area contributed by atoms with Crippen molar-refractivity contribution in [3.63, 3.8) is 0 Å². The molecule has 150 valence electrons. The summed E-state index contributed by atoms with van der Waals surface area (Å²) in [4.78, 5) is 37.4. The van der Waals surface area contributed by atoms with Gasteiger partial charge in [0.25, 0.3) is 0 Å². The SMILES string of the molecule is COC(=O)C1(N(NC(=O)OC(C)(C)C)C(=O)OC(C)(C)C)CC(CBr)C1. The van der Waals surface area contributed by atoms with Gasteiger partial charge in [0.15, 0.2) is 5.54 Å². The van der Waals surface area contributed by atoms with Crippen LogP contribution in [0.5, 0.6) is 0 Å². The van der Waals surface area contributed by atoms with Gasteiger partial charge in [-0.05, 0) is 60.3 Å². The van der Waals surface area contributed by atoms with Crippen LogP contribution in [-0.2, 0) is 19.0 Å². The Morgan fingerprint density at radius 2 is 1.58 bits per heavy atom. The number of methoxy groups -OCH3 is 1. The third-order valence-electron chi connectivity index (χ3n) is 3.64. The predicted molar refractivity (Wildman–Crippen MR) is 98.7 cm³/mol. The van der Waals surface area contributed by atoms with E-state index in [1.165, 1.54) is 7.11 Å². The lowest BCUT2D eigenvalue weighted by atomic mass is 9.68. The molecule has 0 saturated heterocycles. The summed E-state index contributed by atoms with van der Waals surface area (Å²) in [5, 5.41) is 1.58. The highest BCUT2D eigenvalue weighted by molar-refractivity contribution is 9.09. The number of hydrogen-bond acceptors (Lipinski definition) is 6. The lowest BCUT2D eigenvalue weighted by molar-refractivity contribution is -0.168. The highest BCUT2D eigenvalue weighted by Gasteiger charge is 2.58. The smallest absolute Gasteiger partial charge is 0.430 e. The van der Waals surface area contributed by atoms with E-state index < -0.39 is 34.9 Å². The first-order valence-corrected chi connectivity index (χ1v) is 9.53. The Bertz CT molecular complexity index is 546. The van der Waals surface area contributed by atoms with Crippen molar-refractivity contribution in [2.75, 3.05) is 12.4 Å². The Labute approximate surface area is 163 Å². The minimum absolute atomic E-state index is 0.166. The molecule has 2 amide bonds. The molecule has 0 aromatic rings. The molecule has 0 aliphatic heterocycles. The third kappa shape index (κ3) is 5.75. The monoisotopic (exact) mass is 436 g/mol. The summed E-state index contributed by atoms with van der Waals surface area (Å²) < 4.78 is 15.5. The van der Waals surface area contributed by atoms with Gasteiger partial charge < -0.3 is 14.2 Å². The normalized spacial score (nSPS) is 22.7. The number of ether oxygens (including phenoxy) is 3. The molecule has 1 saturated carbocycles. The van der Waals surface area contributed by atoms with Crippen LogP contribution < -0.4 is 5.43 Å². The van der Waals surface area contributed by atoms with Crippen molar-refractivity contribution >= 4 is 34.1 Å². The van der Waals surface area contributed by atoms with Crippen molar-refractivity contribution in [2.45, 2.75) is 71.1 Å². The molecule has 0 aromatic carbocycles. The molecule has 0 radical (unpaired) electrons. The molecule has 1 aliphatic rings. The maximum Gasteiger partial charge on any atom is 0.430 e. The summed E-state index contributed by atoms with van der Waals surface area (Å²) in [6, 6.07) is 0. The number of rotatable bonds is 3. The number of nitrogens with one attached hydrogen (secondary N) is 1. The van der Waals surface area contributed by atoms with Gasteiger partial charge in [0, 0.05) is 5.33 Å². The fourth-order valence-electron chi connectivity index (χ4n) is 2.66. The van der Waals surface area contributed by atoms with Crippen molar-refractivity contribution in [1.82, 2.24) is 10.4 Å². The van der Waals surface area contributed by atoms with E-state index in [9.17, 15) is 14.4 Å². The van der Waals surface area contributed by atoms with Crippen LogP contribution in [0.2, 0.25) is 0 Å². The molecule has 0 atom stereocenters. The average molecular weight is 437 g/mol. The Balaban J connectivity index is 3.14. The summed E-state index contributed by atoms with van der Waals surface area (Å²) in [5.41, 5.74) is -0.515. The Morgan fingerprint density at radius 1 is 1.08 bits per heavy atom. The van der Waals surface area contributed by atoms with E-state index in [2.05, 4.69) is 21.4 Å². The molecule has 1 fully saturated rings. The summed E-state index contributed by atoms with van der Waals surface area (Å²) in [7, 11) is 1.24. The second-order valence-corrected chi connectivity index (χ2v) is 9.03. The molecular formula is C17H29BrN2O6. The number of alkyl halides is 1. The first-order chi connectivity index (χ1) is 11.7. The van der Waals surface area contributed by atoms with Crippen molar-refractivity contribution in [3.8, 4) is 0 Å². The maximum absolute atomic E-state index is 12.7. The zero-order valence-electron chi connectivity index (χ0n) is 16.5. The molecule has 1 rings (SSSR count). The van der Waals surface area contributed by atoms with Crippen LogP contribution in [0.1, 0.15) is 54.4 Å². The van der Waals surface area contributed by atoms with E-state index >= 15 is 0 Å². The molecule has 26 heavy (non-hydrogen) atoms. The lowest BCUT2D eigenvalue weighted by Crippen LogP contribution is -2.70. The third-order valence-corrected chi connectivity index (χ3v) is 4.56. The summed E-state index contributed by atoms with van der Waals surface area (Å²) in [6.45, 7) is 10.2. The maximum atomic E-state index is 12.7. The minimum atomic E-state index is -1.33. The van der Waals surface area contributed by atoms with Gasteiger partial charge in [-0.2, -0.15) is 5.01 Å². The second kappa shape index (κ2) is 8.02. The molecule has 0 heterocycles. The Hall–Kier alpha value is -1.51. The van der Waals surface area contributed by atoms with Crippen LogP contribution in [0, 0.1) is 5.92 Å². The Morgan fingerprint density at radius 3 is 1.96 bits per heavy atom. The van der Waals surface area contributed by atoms with Crippen LogP contribution in [0.25, 0.3) is 0 Å². The lowest BCUT2D eigenvalue weighted by Gasteiger charge is -2.50. The standard InChI is InChI=1S/C17H29BrN2O6/c1-15(2,3)25-13(22)19-20(14(23)26-16(4,5)6)17(12(21)24-7)8-11(9-17)10-18/h11H,8-10H2,1-7H3,(H,19,22). The molecule has 9 heteroatoms. The number of nitrogens with zero attached hydrogens (tertiary/aromatic N) is 1. The number of carbonyl (C=O) groups is 3. The highest BCUT2D eigenvalue weighted by atomic mass is 79.9. The van der Waals surface area contributed by atoms with Gasteiger partial charge in [-0.3, -0.25) is 0 Å². The zero-order chi connectivity index (χ0) is 20.3. The van der Waals surface area contributed by atoms with Crippen LogP contribution >= 0.6 is 15.9 Å². The van der Waals surface area contributed by atoms with Gasteiger partial charge in [0.1, 0.15) is 11.2 Å². The largest absolute Gasteiger partial charge is 0.467 e. The van der Waals surface area contributed by atoms with E-state index in [-0.39, 0.29) is 5.92 Å². The molecule has 1 aliphatic carbocycles. The minimum Gasteiger partial charge on any atom is -0.467 e. The average Bonchev–Trinajstić information content (AvgIpc) is 2.40. The van der Waals surface area contributed by atoms with Gasteiger partial charge in [-0.1, -0.05) is 15.9 Å². The van der Waals surface area contributed by atoms with Crippen molar-refractivity contribution in [2.24, 2.45) is 5.92 Å². The number of hydrogen-bond donors (Lipinski definition) is 1. The number of carbonyl (C=O) groups excluding carboxylic acids is 3. The molecule has 0 bridgehead atoms. The zero-order valence-corrected chi connectivity index (χ0v) is 18.1. The fraction of sp³-hybridized carbons (Fsp3) is 0.824. The quantitative estimate of drug-likeness (QED) is 0.315. The van der Waals surface area contributed by atoms with Gasteiger partial charge in [-0.25, -0.2) is 19.8 Å². The highest BCUT2D eigenvalue weighted by Crippen LogP contribution is 2.44. The van der Waals surface area contributed by atoms with E-state index in [1.54, 1.807) is 41.5 Å². The summed E-state index contributed by atoms with van der Waals surface area (Å²) in [5.74, 6) is -0.448. The van der Waals surface area contributed by atoms with Crippen LogP contribution in [0.4, 0.5) is 9.59 Å². The predicted octanol–water partition coefficient (Wildman–Crippen LogP) is 3.38.